The fourth-order valence-electron chi connectivity index (χ4n) is 2.04. The maximum absolute atomic E-state index is 11.4. The Balaban J connectivity index is 1.98. The first-order valence-corrected chi connectivity index (χ1v) is 6.47. The summed E-state index contributed by atoms with van der Waals surface area (Å²) in [4.78, 5) is 11.4. The Hall–Kier alpha value is -2.27. The minimum Gasteiger partial charge on any atom is -0.387 e. The van der Waals surface area contributed by atoms with Crippen LogP contribution in [0.5, 0.6) is 0 Å². The van der Waals surface area contributed by atoms with E-state index in [1.807, 2.05) is 42.1 Å². The number of aryl methyl sites for hydroxylation is 1. The Morgan fingerprint density at radius 2 is 2.25 bits per heavy atom. The Bertz CT molecular complexity index is 619. The summed E-state index contributed by atoms with van der Waals surface area (Å²) in [5.41, 5.74) is 1.89. The van der Waals surface area contributed by atoms with Gasteiger partial charge in [-0.1, -0.05) is 12.1 Å². The normalized spacial score (nSPS) is 12.1. The first-order valence-electron chi connectivity index (χ1n) is 6.47. The number of carbonyl (C=O) groups is 1. The lowest BCUT2D eigenvalue weighted by atomic mass is 10.1. The molecule has 1 aromatic heterocycles. The van der Waals surface area contributed by atoms with E-state index in [9.17, 15) is 9.90 Å². The van der Waals surface area contributed by atoms with Gasteiger partial charge in [-0.25, -0.2) is 4.79 Å². The third-order valence-corrected chi connectivity index (χ3v) is 3.16. The number of carbonyl (C=O) groups excluding carboxylic acids is 1. The molecule has 2 rings (SSSR count). The molecule has 2 aromatic rings. The number of aliphatic hydroxyl groups is 1. The Morgan fingerprint density at radius 3 is 3.00 bits per heavy atom. The second-order valence-corrected chi connectivity index (χ2v) is 4.64. The number of hydrogen-bond donors (Lipinski definition) is 3. The standard InChI is InChI=1S/C15H19N3O2/c1-3-7-16-15(20)17-10-14(19)12-4-5-13-11(9-12)6-8-18(13)2/h3-6,8-9,14,19H,1,7,10H2,2H3,(H2,16,17,20). The average Bonchev–Trinajstić information content (AvgIpc) is 2.83. The quantitative estimate of drug-likeness (QED) is 0.726. The van der Waals surface area contributed by atoms with Gasteiger partial charge in [0.05, 0.1) is 6.10 Å². The molecule has 0 aliphatic carbocycles. The van der Waals surface area contributed by atoms with Crippen LogP contribution in [0, 0.1) is 0 Å². The zero-order chi connectivity index (χ0) is 14.5. The molecule has 0 saturated heterocycles. The van der Waals surface area contributed by atoms with Crippen molar-refractivity contribution in [2.45, 2.75) is 6.10 Å². The summed E-state index contributed by atoms with van der Waals surface area (Å²) >= 11 is 0. The van der Waals surface area contributed by atoms with Crippen LogP contribution in [-0.4, -0.2) is 28.8 Å². The van der Waals surface area contributed by atoms with E-state index in [1.54, 1.807) is 6.08 Å². The van der Waals surface area contributed by atoms with Crippen LogP contribution < -0.4 is 10.6 Å². The predicted octanol–water partition coefficient (Wildman–Crippen LogP) is 1.70. The highest BCUT2D eigenvalue weighted by Gasteiger charge is 2.10. The lowest BCUT2D eigenvalue weighted by Gasteiger charge is -2.13. The molecule has 1 atom stereocenters. The van der Waals surface area contributed by atoms with Crippen LogP contribution >= 0.6 is 0 Å². The van der Waals surface area contributed by atoms with E-state index in [0.29, 0.717) is 6.54 Å². The highest BCUT2D eigenvalue weighted by Crippen LogP contribution is 2.20. The number of nitrogens with zero attached hydrogens (tertiary/aromatic N) is 1. The van der Waals surface area contributed by atoms with Crippen LogP contribution in [0.25, 0.3) is 10.9 Å². The minimum absolute atomic E-state index is 0.168. The molecule has 3 N–H and O–H groups in total. The number of urea groups is 1. The van der Waals surface area contributed by atoms with Gasteiger partial charge in [-0.15, -0.1) is 6.58 Å². The molecule has 0 aliphatic rings. The molecule has 0 spiro atoms. The van der Waals surface area contributed by atoms with Crippen molar-refractivity contribution >= 4 is 16.9 Å². The van der Waals surface area contributed by atoms with Crippen molar-refractivity contribution in [3.05, 3.63) is 48.7 Å². The average molecular weight is 273 g/mol. The number of rotatable bonds is 5. The van der Waals surface area contributed by atoms with Gasteiger partial charge in [-0.05, 0) is 29.1 Å². The lowest BCUT2D eigenvalue weighted by molar-refractivity contribution is 0.173. The number of aromatic nitrogens is 1. The van der Waals surface area contributed by atoms with Crippen LogP contribution in [0.3, 0.4) is 0 Å². The van der Waals surface area contributed by atoms with Gasteiger partial charge >= 0.3 is 6.03 Å². The number of nitrogens with one attached hydrogen (secondary N) is 2. The maximum atomic E-state index is 11.4. The minimum atomic E-state index is -0.728. The molecular formula is C15H19N3O2. The number of fused-ring (bicyclic) bond motifs is 1. The van der Waals surface area contributed by atoms with E-state index in [-0.39, 0.29) is 12.6 Å². The zero-order valence-electron chi connectivity index (χ0n) is 11.5. The van der Waals surface area contributed by atoms with Gasteiger partial charge in [0.15, 0.2) is 0 Å². The summed E-state index contributed by atoms with van der Waals surface area (Å²) in [5.74, 6) is 0. The first kappa shape index (κ1) is 14.1. The Kier molecular flexibility index (Phi) is 4.42. The second kappa shape index (κ2) is 6.25. The van der Waals surface area contributed by atoms with Gasteiger partial charge in [0.25, 0.3) is 0 Å². The van der Waals surface area contributed by atoms with Gasteiger partial charge in [-0.3, -0.25) is 0 Å². The van der Waals surface area contributed by atoms with Crippen LogP contribution in [0.1, 0.15) is 11.7 Å². The predicted molar refractivity (Wildman–Crippen MR) is 79.5 cm³/mol. The monoisotopic (exact) mass is 273 g/mol. The van der Waals surface area contributed by atoms with E-state index in [4.69, 9.17) is 0 Å². The van der Waals surface area contributed by atoms with Crippen molar-refractivity contribution in [1.82, 2.24) is 15.2 Å². The number of aliphatic hydroxyl groups excluding tert-OH is 1. The molecule has 2 amide bonds. The summed E-state index contributed by atoms with van der Waals surface area (Å²) in [6.45, 7) is 4.08. The molecule has 0 saturated carbocycles. The SMILES string of the molecule is C=CCNC(=O)NCC(O)c1ccc2c(ccn2C)c1. The smallest absolute Gasteiger partial charge is 0.315 e. The molecule has 1 aromatic carbocycles. The van der Waals surface area contributed by atoms with Crippen molar-refractivity contribution in [3.8, 4) is 0 Å². The summed E-state index contributed by atoms with van der Waals surface area (Å²) in [6.07, 6.45) is 2.84. The van der Waals surface area contributed by atoms with Gasteiger partial charge in [0, 0.05) is 31.9 Å². The van der Waals surface area contributed by atoms with Crippen molar-refractivity contribution in [2.75, 3.05) is 13.1 Å². The molecule has 5 nitrogen and oxygen atoms in total. The highest BCUT2D eigenvalue weighted by atomic mass is 16.3. The van der Waals surface area contributed by atoms with Crippen LogP contribution in [-0.2, 0) is 7.05 Å². The molecule has 0 bridgehead atoms. The van der Waals surface area contributed by atoms with Crippen molar-refractivity contribution < 1.29 is 9.90 Å². The zero-order valence-corrected chi connectivity index (χ0v) is 11.5. The molecule has 20 heavy (non-hydrogen) atoms. The molecule has 0 radical (unpaired) electrons. The molecule has 5 heteroatoms. The van der Waals surface area contributed by atoms with Crippen LogP contribution in [0.4, 0.5) is 4.79 Å². The molecular weight excluding hydrogens is 254 g/mol. The fraction of sp³-hybridized carbons (Fsp3) is 0.267. The first-order chi connectivity index (χ1) is 9.61. The summed E-state index contributed by atoms with van der Waals surface area (Å²) in [6, 6.07) is 7.45. The summed E-state index contributed by atoms with van der Waals surface area (Å²) in [7, 11) is 1.98. The number of amides is 2. The Morgan fingerprint density at radius 1 is 1.45 bits per heavy atom. The largest absolute Gasteiger partial charge is 0.387 e. The molecule has 0 aliphatic heterocycles. The van der Waals surface area contributed by atoms with E-state index in [0.717, 1.165) is 16.5 Å². The third kappa shape index (κ3) is 3.19. The lowest BCUT2D eigenvalue weighted by Crippen LogP contribution is -2.37. The van der Waals surface area contributed by atoms with Crippen molar-refractivity contribution in [3.63, 3.8) is 0 Å². The Labute approximate surface area is 117 Å². The van der Waals surface area contributed by atoms with E-state index in [2.05, 4.69) is 17.2 Å². The van der Waals surface area contributed by atoms with Crippen LogP contribution in [0.2, 0.25) is 0 Å². The summed E-state index contributed by atoms with van der Waals surface area (Å²) in [5, 5.41) is 16.4. The molecule has 1 unspecified atom stereocenters. The molecule has 0 fully saturated rings. The topological polar surface area (TPSA) is 66.3 Å². The van der Waals surface area contributed by atoms with Gasteiger partial charge in [0.2, 0.25) is 0 Å². The van der Waals surface area contributed by atoms with Gasteiger partial charge in [0.1, 0.15) is 0 Å². The van der Waals surface area contributed by atoms with Crippen molar-refractivity contribution in [2.24, 2.45) is 7.05 Å². The van der Waals surface area contributed by atoms with Gasteiger partial charge in [-0.2, -0.15) is 0 Å². The van der Waals surface area contributed by atoms with E-state index < -0.39 is 6.10 Å². The van der Waals surface area contributed by atoms with E-state index in [1.165, 1.54) is 0 Å². The third-order valence-electron chi connectivity index (χ3n) is 3.16. The highest BCUT2D eigenvalue weighted by molar-refractivity contribution is 5.81. The van der Waals surface area contributed by atoms with Crippen molar-refractivity contribution in [1.29, 1.82) is 0 Å². The van der Waals surface area contributed by atoms with Crippen LogP contribution in [0.15, 0.2) is 43.1 Å². The van der Waals surface area contributed by atoms with E-state index >= 15 is 0 Å². The number of benzene rings is 1. The summed E-state index contributed by atoms with van der Waals surface area (Å²) < 4.78 is 2.02. The van der Waals surface area contributed by atoms with Gasteiger partial charge < -0.3 is 20.3 Å². The second-order valence-electron chi connectivity index (χ2n) is 4.64. The maximum Gasteiger partial charge on any atom is 0.315 e. The number of hydrogen-bond acceptors (Lipinski definition) is 2. The molecule has 1 heterocycles. The molecule has 106 valence electrons. The fourth-order valence-corrected chi connectivity index (χ4v) is 2.04.